The largest absolute Gasteiger partial charge is 0.469 e. The van der Waals surface area contributed by atoms with E-state index >= 15 is 0 Å². The summed E-state index contributed by atoms with van der Waals surface area (Å²) in [4.78, 5) is 14.0. The summed E-state index contributed by atoms with van der Waals surface area (Å²) in [5.41, 5.74) is 0. The van der Waals surface area contributed by atoms with Crippen LogP contribution in [0.15, 0.2) is 0 Å². The van der Waals surface area contributed by atoms with Gasteiger partial charge in [0.15, 0.2) is 0 Å². The maximum Gasteiger partial charge on any atom is 0.309 e. The topological polar surface area (TPSA) is 29.5 Å². The Labute approximate surface area is 105 Å². The zero-order valence-corrected chi connectivity index (χ0v) is 11.0. The summed E-state index contributed by atoms with van der Waals surface area (Å²) in [5, 5.41) is 0. The quantitative estimate of drug-likeness (QED) is 0.709. The van der Waals surface area contributed by atoms with Crippen LogP contribution in [0.25, 0.3) is 0 Å². The second-order valence-corrected chi connectivity index (χ2v) is 5.63. The minimum absolute atomic E-state index is 0.0154. The van der Waals surface area contributed by atoms with Crippen molar-refractivity contribution in [3.8, 4) is 0 Å². The van der Waals surface area contributed by atoms with Crippen molar-refractivity contribution in [1.82, 2.24) is 4.90 Å². The van der Waals surface area contributed by atoms with Crippen molar-refractivity contribution in [3.05, 3.63) is 0 Å². The molecule has 1 aliphatic heterocycles. The minimum atomic E-state index is -0.0154. The average Bonchev–Trinajstić information content (AvgIpc) is 2.39. The highest BCUT2D eigenvalue weighted by atomic mass is 16.5. The molecule has 17 heavy (non-hydrogen) atoms. The lowest BCUT2D eigenvalue weighted by atomic mass is 9.88. The van der Waals surface area contributed by atoms with Crippen LogP contribution in [0, 0.1) is 11.8 Å². The molecule has 1 saturated carbocycles. The van der Waals surface area contributed by atoms with Crippen LogP contribution in [0.3, 0.4) is 0 Å². The normalized spacial score (nSPS) is 27.9. The maximum absolute atomic E-state index is 11.6. The van der Waals surface area contributed by atoms with Crippen LogP contribution in [-0.2, 0) is 9.53 Å². The molecule has 2 fully saturated rings. The molecule has 0 amide bonds. The number of likely N-dealkylation sites (tertiary alicyclic amines) is 1. The monoisotopic (exact) mass is 239 g/mol. The Kier molecular flexibility index (Phi) is 4.84. The number of rotatable bonds is 3. The van der Waals surface area contributed by atoms with E-state index in [1.807, 2.05) is 0 Å². The first-order chi connectivity index (χ1) is 8.29. The lowest BCUT2D eigenvalue weighted by molar-refractivity contribution is -0.147. The Bertz CT molecular complexity index is 249. The standard InChI is InChI=1S/C14H25NO2/c1-17-14(16)13-8-5-9-15(11-13)10-12-6-3-2-4-7-12/h12-13H,2-11H2,1H3/t13-/m0/s1. The van der Waals surface area contributed by atoms with Gasteiger partial charge in [0.1, 0.15) is 0 Å². The van der Waals surface area contributed by atoms with Gasteiger partial charge in [-0.1, -0.05) is 19.3 Å². The summed E-state index contributed by atoms with van der Waals surface area (Å²) in [5.74, 6) is 0.982. The van der Waals surface area contributed by atoms with E-state index < -0.39 is 0 Å². The third-order valence-corrected chi connectivity index (χ3v) is 4.28. The molecule has 3 heteroatoms. The Morgan fingerprint density at radius 1 is 1.18 bits per heavy atom. The maximum atomic E-state index is 11.6. The van der Waals surface area contributed by atoms with Crippen LogP contribution in [-0.4, -0.2) is 37.6 Å². The van der Waals surface area contributed by atoms with Crippen LogP contribution < -0.4 is 0 Å². The summed E-state index contributed by atoms with van der Waals surface area (Å²) in [6, 6.07) is 0. The molecule has 98 valence electrons. The van der Waals surface area contributed by atoms with E-state index in [0.717, 1.165) is 25.3 Å². The number of carbonyl (C=O) groups is 1. The van der Waals surface area contributed by atoms with Gasteiger partial charge in [0, 0.05) is 13.1 Å². The lowest BCUT2D eigenvalue weighted by Gasteiger charge is -2.35. The van der Waals surface area contributed by atoms with Crippen molar-refractivity contribution in [3.63, 3.8) is 0 Å². The van der Waals surface area contributed by atoms with Crippen LogP contribution in [0.1, 0.15) is 44.9 Å². The summed E-state index contributed by atoms with van der Waals surface area (Å²) < 4.78 is 4.86. The van der Waals surface area contributed by atoms with Gasteiger partial charge in [-0.15, -0.1) is 0 Å². The van der Waals surface area contributed by atoms with E-state index in [-0.39, 0.29) is 11.9 Å². The van der Waals surface area contributed by atoms with E-state index in [0.29, 0.717) is 0 Å². The van der Waals surface area contributed by atoms with Crippen molar-refractivity contribution in [2.45, 2.75) is 44.9 Å². The van der Waals surface area contributed by atoms with Gasteiger partial charge in [-0.2, -0.15) is 0 Å². The molecule has 0 aromatic carbocycles. The number of piperidine rings is 1. The summed E-state index contributed by atoms with van der Waals surface area (Å²) in [7, 11) is 1.50. The SMILES string of the molecule is COC(=O)[C@H]1CCCN(CC2CCCCC2)C1. The van der Waals surface area contributed by atoms with Crippen molar-refractivity contribution in [2.75, 3.05) is 26.7 Å². The number of hydrogen-bond acceptors (Lipinski definition) is 3. The van der Waals surface area contributed by atoms with Crippen LogP contribution in [0.2, 0.25) is 0 Å². The van der Waals surface area contributed by atoms with E-state index in [2.05, 4.69) is 4.90 Å². The number of nitrogens with zero attached hydrogens (tertiary/aromatic N) is 1. The number of carbonyl (C=O) groups excluding carboxylic acids is 1. The number of hydrogen-bond donors (Lipinski definition) is 0. The molecule has 0 aromatic rings. The third-order valence-electron chi connectivity index (χ3n) is 4.28. The molecule has 1 atom stereocenters. The zero-order valence-electron chi connectivity index (χ0n) is 11.0. The van der Waals surface area contributed by atoms with Gasteiger partial charge in [-0.25, -0.2) is 0 Å². The highest BCUT2D eigenvalue weighted by Gasteiger charge is 2.27. The van der Waals surface area contributed by atoms with Crippen molar-refractivity contribution in [1.29, 1.82) is 0 Å². The molecule has 2 aliphatic rings. The highest BCUT2D eigenvalue weighted by molar-refractivity contribution is 5.72. The number of ether oxygens (including phenoxy) is 1. The van der Waals surface area contributed by atoms with Gasteiger partial charge in [0.05, 0.1) is 13.0 Å². The Morgan fingerprint density at radius 3 is 2.65 bits per heavy atom. The fourth-order valence-corrected chi connectivity index (χ4v) is 3.32. The Morgan fingerprint density at radius 2 is 1.94 bits per heavy atom. The molecule has 0 radical (unpaired) electrons. The molecule has 0 unspecified atom stereocenters. The molecule has 0 spiro atoms. The predicted octanol–water partition coefficient (Wildman–Crippen LogP) is 2.45. The van der Waals surface area contributed by atoms with Gasteiger partial charge in [0.25, 0.3) is 0 Å². The van der Waals surface area contributed by atoms with E-state index in [9.17, 15) is 4.79 Å². The molecule has 1 heterocycles. The predicted molar refractivity (Wildman–Crippen MR) is 67.8 cm³/mol. The molecule has 0 N–H and O–H groups in total. The van der Waals surface area contributed by atoms with Gasteiger partial charge >= 0.3 is 5.97 Å². The summed E-state index contributed by atoms with van der Waals surface area (Å²) in [6.07, 6.45) is 9.15. The molecular formula is C14H25NO2. The molecule has 2 rings (SSSR count). The first-order valence-corrected chi connectivity index (χ1v) is 7.10. The van der Waals surface area contributed by atoms with E-state index in [1.54, 1.807) is 0 Å². The Balaban J connectivity index is 1.78. The molecule has 3 nitrogen and oxygen atoms in total. The van der Waals surface area contributed by atoms with Crippen LogP contribution in [0.4, 0.5) is 0 Å². The van der Waals surface area contributed by atoms with Gasteiger partial charge in [0.2, 0.25) is 0 Å². The van der Waals surface area contributed by atoms with Crippen molar-refractivity contribution in [2.24, 2.45) is 11.8 Å². The van der Waals surface area contributed by atoms with Crippen molar-refractivity contribution < 1.29 is 9.53 Å². The summed E-state index contributed by atoms with van der Waals surface area (Å²) in [6.45, 7) is 3.29. The van der Waals surface area contributed by atoms with Crippen LogP contribution in [0.5, 0.6) is 0 Å². The molecule has 1 saturated heterocycles. The second-order valence-electron chi connectivity index (χ2n) is 5.63. The van der Waals surface area contributed by atoms with Crippen molar-refractivity contribution >= 4 is 5.97 Å². The molecule has 1 aliphatic carbocycles. The highest BCUT2D eigenvalue weighted by Crippen LogP contribution is 2.26. The smallest absolute Gasteiger partial charge is 0.309 e. The van der Waals surface area contributed by atoms with E-state index in [4.69, 9.17) is 4.74 Å². The first-order valence-electron chi connectivity index (χ1n) is 7.10. The zero-order chi connectivity index (χ0) is 12.1. The number of methoxy groups -OCH3 is 1. The Hall–Kier alpha value is -0.570. The minimum Gasteiger partial charge on any atom is -0.469 e. The van der Waals surface area contributed by atoms with Gasteiger partial charge in [-0.05, 0) is 38.1 Å². The second kappa shape index (κ2) is 6.39. The first kappa shape index (κ1) is 12.9. The molecule has 0 aromatic heterocycles. The van der Waals surface area contributed by atoms with Gasteiger partial charge < -0.3 is 9.64 Å². The van der Waals surface area contributed by atoms with Crippen LogP contribution >= 0.6 is 0 Å². The summed E-state index contributed by atoms with van der Waals surface area (Å²) >= 11 is 0. The van der Waals surface area contributed by atoms with Gasteiger partial charge in [-0.3, -0.25) is 4.79 Å². The van der Waals surface area contributed by atoms with E-state index in [1.165, 1.54) is 52.3 Å². The number of esters is 1. The third kappa shape index (κ3) is 3.70. The fourth-order valence-electron chi connectivity index (χ4n) is 3.32. The molecular weight excluding hydrogens is 214 g/mol. The fraction of sp³-hybridized carbons (Fsp3) is 0.929. The lowest BCUT2D eigenvalue weighted by Crippen LogP contribution is -2.41. The average molecular weight is 239 g/mol. The molecule has 0 bridgehead atoms.